The van der Waals surface area contributed by atoms with E-state index in [0.717, 1.165) is 52.6 Å². The monoisotopic (exact) mass is 1150 g/mol. The normalized spacial score (nSPS) is 10.9. The van der Waals surface area contributed by atoms with Crippen LogP contribution in [0.15, 0.2) is 123 Å². The van der Waals surface area contributed by atoms with E-state index >= 15 is 0 Å². The molecule has 0 amide bonds. The summed E-state index contributed by atoms with van der Waals surface area (Å²) in [6.45, 7) is 7.95. The van der Waals surface area contributed by atoms with Gasteiger partial charge in [-0.05, 0) is 110 Å². The predicted molar refractivity (Wildman–Crippen MR) is 249 cm³/mol. The van der Waals surface area contributed by atoms with Crippen LogP contribution < -0.4 is 9.47 Å². The lowest BCUT2D eigenvalue weighted by Gasteiger charge is -2.20. The largest absolute Gasteiger partial charge is 0.573 e. The SMILES string of the molecule is CC(=O)O.CCc1ccn(-c2ccc(Br)cc2-c2oc(C)nc2-c2ccc(OC(F)(F)F)cc2)n1.CCc1ccn(-c2ccc(Br)cc2C(OC(C)=O)C(=O)c2ccc(OC(F)(F)F)cc2)n1.O=C=O.O=C=O. The minimum Gasteiger partial charge on any atom is -0.481 e. The van der Waals surface area contributed by atoms with Crippen molar-refractivity contribution in [1.29, 1.82) is 0 Å². The molecule has 0 aliphatic carbocycles. The molecule has 1 unspecified atom stereocenters. The van der Waals surface area contributed by atoms with Gasteiger partial charge >= 0.3 is 31.0 Å². The summed E-state index contributed by atoms with van der Waals surface area (Å²) >= 11 is 6.86. The second-order valence-electron chi connectivity index (χ2n) is 14.2. The van der Waals surface area contributed by atoms with Gasteiger partial charge in [0.25, 0.3) is 5.97 Å². The Balaban J connectivity index is 0.000000326. The fourth-order valence-corrected chi connectivity index (χ4v) is 6.96. The third kappa shape index (κ3) is 18.9. The van der Waals surface area contributed by atoms with Gasteiger partial charge in [-0.15, -0.1) is 26.3 Å². The number of oxazole rings is 1. The summed E-state index contributed by atoms with van der Waals surface area (Å²) in [4.78, 5) is 71.0. The fraction of sp³-hybridized carbons (Fsp3) is 0.208. The number of ketones is 1. The van der Waals surface area contributed by atoms with Crippen molar-refractivity contribution in [2.75, 3.05) is 0 Å². The number of benzene rings is 4. The number of carboxylic acids is 1. The molecule has 0 bridgehead atoms. The summed E-state index contributed by atoms with van der Waals surface area (Å²) < 4.78 is 98.5. The number of hydrogen-bond acceptors (Lipinski definition) is 14. The minimum atomic E-state index is -4.85. The number of carbonyl (C=O) groups is 3. The van der Waals surface area contributed by atoms with Gasteiger partial charge in [-0.3, -0.25) is 14.4 Å². The molecule has 0 aliphatic heterocycles. The molecule has 7 aromatic rings. The average Bonchev–Trinajstić information content (AvgIpc) is 4.09. The molecule has 1 N–H and O–H groups in total. The molecule has 7 rings (SSSR count). The highest BCUT2D eigenvalue weighted by Crippen LogP contribution is 2.38. The van der Waals surface area contributed by atoms with E-state index in [1.807, 2.05) is 50.4 Å². The van der Waals surface area contributed by atoms with Gasteiger partial charge in [-0.25, -0.2) is 14.3 Å². The van der Waals surface area contributed by atoms with E-state index in [2.05, 4.69) is 56.5 Å². The van der Waals surface area contributed by atoms with E-state index < -0.39 is 42.3 Å². The van der Waals surface area contributed by atoms with Crippen molar-refractivity contribution in [2.45, 2.75) is 66.3 Å². The Kier molecular flexibility index (Phi) is 22.4. The van der Waals surface area contributed by atoms with Crippen molar-refractivity contribution < 1.29 is 83.6 Å². The summed E-state index contributed by atoms with van der Waals surface area (Å²) in [6, 6.07) is 24.5. The van der Waals surface area contributed by atoms with Gasteiger partial charge < -0.3 is 23.7 Å². The van der Waals surface area contributed by atoms with Crippen LogP contribution in [-0.4, -0.2) is 72.4 Å². The molecule has 3 heterocycles. The van der Waals surface area contributed by atoms with Crippen molar-refractivity contribution >= 4 is 61.9 Å². The number of Topliss-reactive ketones (excluding diaryl/α,β-unsaturated/α-hetero) is 1. The van der Waals surface area contributed by atoms with Gasteiger partial charge in [-0.1, -0.05) is 45.7 Å². The third-order valence-electron chi connectivity index (χ3n) is 8.97. The molecule has 0 spiro atoms. The summed E-state index contributed by atoms with van der Waals surface area (Å²) in [5.41, 5.74) is 5.35. The van der Waals surface area contributed by atoms with Gasteiger partial charge in [0.15, 0.2) is 17.8 Å². The molecule has 17 nitrogen and oxygen atoms in total. The quantitative estimate of drug-likeness (QED) is 0.0681. The maximum absolute atomic E-state index is 13.2. The Morgan fingerprint density at radius 3 is 1.58 bits per heavy atom. The molecule has 0 fully saturated rings. The Morgan fingerprint density at radius 2 is 1.14 bits per heavy atom. The molecule has 25 heteroatoms. The Labute approximate surface area is 426 Å². The second kappa shape index (κ2) is 27.6. The zero-order valence-corrected chi connectivity index (χ0v) is 41.8. The van der Waals surface area contributed by atoms with E-state index in [1.54, 1.807) is 40.7 Å². The highest BCUT2D eigenvalue weighted by Gasteiger charge is 2.33. The summed E-state index contributed by atoms with van der Waals surface area (Å²) in [6.07, 6.45) is -5.33. The number of carbonyl (C=O) groups excluding carboxylic acids is 6. The second-order valence-corrected chi connectivity index (χ2v) is 16.0. The molecule has 0 saturated carbocycles. The van der Waals surface area contributed by atoms with E-state index in [1.165, 1.54) is 43.3 Å². The standard InChI is InChI=1S/C22H17BrF3N3O2.C22H18BrF3N2O4.C2H4O2.2CO2/c1-3-16-10-11-29(28-16)19-9-6-15(23)12-18(19)21-20(27-13(2)30-21)14-4-7-17(8-5-14)31-22(24,25)26;1-3-16-10-11-28(27-16)19-9-6-15(23)12-18(19)21(31-13(2)29)20(30)14-4-7-17(8-5-14)32-22(24,25)26;1-2(3)4;2*2-1-3/h4-12H,3H2,1-2H3;4-12,21H,3H2,1-2H3;1H3,(H,3,4);;. The first-order chi connectivity index (χ1) is 34.4. The van der Waals surface area contributed by atoms with Crippen LogP contribution in [0, 0.1) is 6.92 Å². The van der Waals surface area contributed by atoms with E-state index in [0.29, 0.717) is 45.1 Å². The predicted octanol–water partition coefficient (Wildman–Crippen LogP) is 11.2. The molecular formula is C48H39Br2F6N5O12. The van der Waals surface area contributed by atoms with Crippen molar-refractivity contribution in [3.05, 3.63) is 147 Å². The van der Waals surface area contributed by atoms with Crippen LogP contribution in [0.5, 0.6) is 11.5 Å². The van der Waals surface area contributed by atoms with E-state index in [4.69, 9.17) is 38.2 Å². The van der Waals surface area contributed by atoms with Crippen LogP contribution in [0.3, 0.4) is 0 Å². The molecule has 0 aliphatic rings. The number of hydrogen-bond donors (Lipinski definition) is 1. The first-order valence-corrected chi connectivity index (χ1v) is 22.2. The molecule has 384 valence electrons. The van der Waals surface area contributed by atoms with Crippen LogP contribution in [0.2, 0.25) is 0 Å². The Morgan fingerprint density at radius 1 is 0.699 bits per heavy atom. The van der Waals surface area contributed by atoms with Crippen LogP contribution in [0.4, 0.5) is 26.3 Å². The third-order valence-corrected chi connectivity index (χ3v) is 9.96. The summed E-state index contributed by atoms with van der Waals surface area (Å²) in [5, 5.41) is 16.5. The zero-order valence-electron chi connectivity index (χ0n) is 38.6. The Hall–Kier alpha value is -7.98. The number of aromatic nitrogens is 5. The van der Waals surface area contributed by atoms with Crippen LogP contribution >= 0.6 is 31.9 Å². The van der Waals surface area contributed by atoms with Gasteiger partial charge in [0.05, 0.1) is 22.8 Å². The highest BCUT2D eigenvalue weighted by molar-refractivity contribution is 9.10. The number of ether oxygens (including phenoxy) is 3. The van der Waals surface area contributed by atoms with E-state index in [9.17, 15) is 35.9 Å². The van der Waals surface area contributed by atoms with Crippen molar-refractivity contribution in [1.82, 2.24) is 24.5 Å². The van der Waals surface area contributed by atoms with Crippen molar-refractivity contribution in [3.8, 4) is 45.5 Å². The number of aryl methyl sites for hydroxylation is 3. The number of rotatable bonds is 12. The van der Waals surface area contributed by atoms with Crippen LogP contribution in [-0.2, 0) is 46.3 Å². The van der Waals surface area contributed by atoms with E-state index in [-0.39, 0.29) is 23.6 Å². The molecule has 73 heavy (non-hydrogen) atoms. The molecule has 1 atom stereocenters. The summed E-state index contributed by atoms with van der Waals surface area (Å²) in [5.74, 6) is -1.98. The van der Waals surface area contributed by atoms with Gasteiger partial charge in [-0.2, -0.15) is 29.4 Å². The molecule has 0 radical (unpaired) electrons. The van der Waals surface area contributed by atoms with Crippen molar-refractivity contribution in [2.24, 2.45) is 0 Å². The number of carboxylic acid groups (broad SMARTS) is 1. The zero-order chi connectivity index (χ0) is 54.6. The highest BCUT2D eigenvalue weighted by atomic mass is 79.9. The number of aliphatic carboxylic acids is 1. The molecular weight excluding hydrogens is 1110 g/mol. The van der Waals surface area contributed by atoms with Gasteiger partial charge in [0.2, 0.25) is 5.78 Å². The molecule has 4 aromatic carbocycles. The first kappa shape index (κ1) is 59.3. The number of nitrogens with zero attached hydrogens (tertiary/aromatic N) is 5. The smallest absolute Gasteiger partial charge is 0.481 e. The van der Waals surface area contributed by atoms with Crippen LogP contribution in [0.1, 0.15) is 67.0 Å². The van der Waals surface area contributed by atoms with Crippen molar-refractivity contribution in [3.63, 3.8) is 0 Å². The first-order valence-electron chi connectivity index (χ1n) is 20.6. The topological polar surface area (TPSA) is 229 Å². The number of halogens is 8. The average molecular weight is 1150 g/mol. The maximum atomic E-state index is 13.2. The lowest BCUT2D eigenvalue weighted by Crippen LogP contribution is -2.21. The maximum Gasteiger partial charge on any atom is 0.573 e. The number of alkyl halides is 6. The Bertz CT molecular complexity index is 3020. The summed E-state index contributed by atoms with van der Waals surface area (Å²) in [7, 11) is 0. The lowest BCUT2D eigenvalue weighted by atomic mass is 9.98. The van der Waals surface area contributed by atoms with Gasteiger partial charge in [0, 0.05) is 64.4 Å². The number of esters is 1. The van der Waals surface area contributed by atoms with Gasteiger partial charge in [0.1, 0.15) is 17.2 Å². The lowest BCUT2D eigenvalue weighted by molar-refractivity contribution is -0.275. The molecule has 0 saturated heterocycles. The minimum absolute atomic E-state index is 0.0476. The molecule has 3 aromatic heterocycles. The fourth-order valence-electron chi connectivity index (χ4n) is 6.22. The van der Waals surface area contributed by atoms with Crippen LogP contribution in [0.25, 0.3) is 34.0 Å².